The lowest BCUT2D eigenvalue weighted by atomic mass is 10.2. The van der Waals surface area contributed by atoms with Crippen molar-refractivity contribution in [3.8, 4) is 0 Å². The Morgan fingerprint density at radius 1 is 1.62 bits per heavy atom. The summed E-state index contributed by atoms with van der Waals surface area (Å²) in [4.78, 5) is 18.1. The van der Waals surface area contributed by atoms with Crippen LogP contribution in [-0.4, -0.2) is 26.7 Å². The molecule has 1 saturated heterocycles. The molecule has 1 amide bonds. The van der Waals surface area contributed by atoms with Crippen molar-refractivity contribution >= 4 is 40.3 Å². The van der Waals surface area contributed by atoms with E-state index in [4.69, 9.17) is 12.2 Å². The average Bonchev–Trinajstić information content (AvgIpc) is 2.55. The highest BCUT2D eigenvalue weighted by atomic mass is 32.2. The van der Waals surface area contributed by atoms with E-state index in [0.29, 0.717) is 15.8 Å². The molecule has 5 heteroatoms. The lowest BCUT2D eigenvalue weighted by molar-refractivity contribution is -0.121. The third-order valence-corrected chi connectivity index (χ3v) is 3.55. The van der Waals surface area contributed by atoms with Crippen molar-refractivity contribution in [3.05, 3.63) is 35.0 Å². The lowest BCUT2D eigenvalue weighted by Crippen LogP contribution is -2.27. The third-order valence-electron chi connectivity index (χ3n) is 2.17. The van der Waals surface area contributed by atoms with Crippen molar-refractivity contribution in [1.82, 2.24) is 9.88 Å². The van der Waals surface area contributed by atoms with Gasteiger partial charge < -0.3 is 0 Å². The zero-order valence-corrected chi connectivity index (χ0v) is 10.3. The minimum absolute atomic E-state index is 0.0126. The van der Waals surface area contributed by atoms with E-state index < -0.39 is 0 Å². The number of hydrogen-bond acceptors (Lipinski definition) is 4. The van der Waals surface area contributed by atoms with E-state index in [2.05, 4.69) is 4.98 Å². The highest BCUT2D eigenvalue weighted by Gasteiger charge is 2.30. The molecule has 1 aliphatic rings. The minimum Gasteiger partial charge on any atom is -0.293 e. The Morgan fingerprint density at radius 3 is 3.00 bits per heavy atom. The summed E-state index contributed by atoms with van der Waals surface area (Å²) in [5.74, 6) is -0.0126. The molecule has 2 rings (SSSR count). The fourth-order valence-corrected chi connectivity index (χ4v) is 2.77. The molecular formula is C11H10N2OS2. The second-order valence-electron chi connectivity index (χ2n) is 3.21. The molecular weight excluding hydrogens is 240 g/mol. The fourth-order valence-electron chi connectivity index (χ4n) is 1.39. The van der Waals surface area contributed by atoms with Crippen molar-refractivity contribution in [2.45, 2.75) is 6.92 Å². The summed E-state index contributed by atoms with van der Waals surface area (Å²) in [5.41, 5.74) is 0.916. The zero-order valence-electron chi connectivity index (χ0n) is 8.71. The molecule has 0 atom stereocenters. The molecule has 0 bridgehead atoms. The molecule has 1 aliphatic heterocycles. The third kappa shape index (κ3) is 2.15. The minimum atomic E-state index is -0.0126. The summed E-state index contributed by atoms with van der Waals surface area (Å²) in [6, 6.07) is 3.75. The molecule has 2 heterocycles. The molecule has 0 aliphatic carbocycles. The quantitative estimate of drug-likeness (QED) is 0.595. The molecule has 16 heavy (non-hydrogen) atoms. The summed E-state index contributed by atoms with van der Waals surface area (Å²) in [6.07, 6.45) is 5.25. The molecule has 0 saturated carbocycles. The van der Waals surface area contributed by atoms with Gasteiger partial charge in [-0.05, 0) is 24.6 Å². The summed E-state index contributed by atoms with van der Waals surface area (Å²) in [6.45, 7) is 2.53. The van der Waals surface area contributed by atoms with Crippen molar-refractivity contribution in [1.29, 1.82) is 0 Å². The van der Waals surface area contributed by atoms with Gasteiger partial charge in [-0.1, -0.05) is 30.0 Å². The average molecular weight is 250 g/mol. The molecule has 0 aromatic carbocycles. The summed E-state index contributed by atoms with van der Waals surface area (Å²) >= 11 is 6.46. The number of thiocarbonyl (C=S) groups is 1. The maximum absolute atomic E-state index is 11.9. The summed E-state index contributed by atoms with van der Waals surface area (Å²) < 4.78 is 0.627. The normalized spacial score (nSPS) is 18.6. The molecule has 0 unspecified atom stereocenters. The van der Waals surface area contributed by atoms with Crippen LogP contribution in [0, 0.1) is 0 Å². The smallest absolute Gasteiger partial charge is 0.266 e. The Bertz CT molecular complexity index is 456. The number of thioether (sulfide) groups is 1. The highest BCUT2D eigenvalue weighted by Crippen LogP contribution is 2.31. The van der Waals surface area contributed by atoms with Crippen molar-refractivity contribution in [2.24, 2.45) is 0 Å². The van der Waals surface area contributed by atoms with E-state index in [1.165, 1.54) is 11.8 Å². The second kappa shape index (κ2) is 4.76. The van der Waals surface area contributed by atoms with Crippen LogP contribution in [0.1, 0.15) is 12.5 Å². The number of pyridine rings is 1. The second-order valence-corrected chi connectivity index (χ2v) is 4.89. The van der Waals surface area contributed by atoms with Gasteiger partial charge >= 0.3 is 0 Å². The van der Waals surface area contributed by atoms with Crippen LogP contribution in [0.25, 0.3) is 6.08 Å². The number of aromatic nitrogens is 1. The van der Waals surface area contributed by atoms with Gasteiger partial charge in [-0.2, -0.15) is 0 Å². The van der Waals surface area contributed by atoms with Crippen LogP contribution in [0.5, 0.6) is 0 Å². The van der Waals surface area contributed by atoms with Gasteiger partial charge in [-0.25, -0.2) is 0 Å². The van der Waals surface area contributed by atoms with E-state index in [0.717, 1.165) is 5.56 Å². The van der Waals surface area contributed by atoms with Gasteiger partial charge in [0, 0.05) is 18.9 Å². The Morgan fingerprint density at radius 2 is 2.44 bits per heavy atom. The first kappa shape index (κ1) is 11.3. The summed E-state index contributed by atoms with van der Waals surface area (Å²) in [5, 5.41) is 0. The van der Waals surface area contributed by atoms with Crippen LogP contribution < -0.4 is 0 Å². The van der Waals surface area contributed by atoms with E-state index >= 15 is 0 Å². The van der Waals surface area contributed by atoms with E-state index in [1.54, 1.807) is 17.3 Å². The van der Waals surface area contributed by atoms with E-state index in [-0.39, 0.29) is 5.91 Å². The summed E-state index contributed by atoms with van der Waals surface area (Å²) in [7, 11) is 0. The largest absolute Gasteiger partial charge is 0.293 e. The van der Waals surface area contributed by atoms with Gasteiger partial charge in [0.2, 0.25) is 0 Å². The Labute approximate surface area is 104 Å². The van der Waals surface area contributed by atoms with Gasteiger partial charge in [0.05, 0.1) is 4.91 Å². The van der Waals surface area contributed by atoms with E-state index in [1.807, 2.05) is 25.1 Å². The predicted octanol–water partition coefficient (Wildman–Crippen LogP) is 2.30. The molecule has 0 spiro atoms. The molecule has 3 nitrogen and oxygen atoms in total. The van der Waals surface area contributed by atoms with E-state index in [9.17, 15) is 4.79 Å². The molecule has 1 aromatic rings. The maximum atomic E-state index is 11.9. The lowest BCUT2D eigenvalue weighted by Gasteiger charge is -2.09. The number of nitrogens with zero attached hydrogens (tertiary/aromatic N) is 2. The van der Waals surface area contributed by atoms with Crippen molar-refractivity contribution in [3.63, 3.8) is 0 Å². The van der Waals surface area contributed by atoms with Gasteiger partial charge in [0.15, 0.2) is 0 Å². The monoisotopic (exact) mass is 250 g/mol. The van der Waals surface area contributed by atoms with Crippen LogP contribution >= 0.6 is 24.0 Å². The first-order valence-corrected chi connectivity index (χ1v) is 6.10. The van der Waals surface area contributed by atoms with Crippen LogP contribution in [0.15, 0.2) is 29.4 Å². The molecule has 82 valence electrons. The Kier molecular flexibility index (Phi) is 3.36. The molecule has 0 radical (unpaired) electrons. The van der Waals surface area contributed by atoms with Gasteiger partial charge in [0.25, 0.3) is 5.91 Å². The van der Waals surface area contributed by atoms with Gasteiger partial charge in [-0.15, -0.1) is 0 Å². The number of hydrogen-bond donors (Lipinski definition) is 0. The maximum Gasteiger partial charge on any atom is 0.266 e. The highest BCUT2D eigenvalue weighted by molar-refractivity contribution is 8.26. The van der Waals surface area contributed by atoms with Gasteiger partial charge in [0.1, 0.15) is 4.32 Å². The molecule has 0 N–H and O–H groups in total. The fraction of sp³-hybridized carbons (Fsp3) is 0.182. The molecule has 1 fully saturated rings. The first-order valence-electron chi connectivity index (χ1n) is 4.87. The van der Waals surface area contributed by atoms with Crippen LogP contribution in [0.3, 0.4) is 0 Å². The van der Waals surface area contributed by atoms with Crippen molar-refractivity contribution < 1.29 is 4.79 Å². The number of carbonyl (C=O) groups excluding carboxylic acids is 1. The Balaban J connectivity index is 2.27. The standard InChI is InChI=1S/C11H10N2OS2/c1-2-13-10(14)9(16-11(13)15)6-8-4-3-5-12-7-8/h3-7H,2H2,1H3. The predicted molar refractivity (Wildman–Crippen MR) is 69.8 cm³/mol. The zero-order chi connectivity index (χ0) is 11.5. The van der Waals surface area contributed by atoms with Crippen LogP contribution in [0.4, 0.5) is 0 Å². The Hall–Kier alpha value is -1.20. The topological polar surface area (TPSA) is 33.2 Å². The number of likely N-dealkylation sites (N-methyl/N-ethyl adjacent to an activating group) is 1. The van der Waals surface area contributed by atoms with Crippen molar-refractivity contribution in [2.75, 3.05) is 6.54 Å². The first-order chi connectivity index (χ1) is 7.72. The van der Waals surface area contributed by atoms with Crippen LogP contribution in [0.2, 0.25) is 0 Å². The number of rotatable bonds is 2. The number of carbonyl (C=O) groups is 1. The number of amides is 1. The SMILES string of the molecule is CCN1C(=O)C(=Cc2cccnc2)SC1=S. The van der Waals surface area contributed by atoms with Crippen LogP contribution in [-0.2, 0) is 4.79 Å². The van der Waals surface area contributed by atoms with Gasteiger partial charge in [-0.3, -0.25) is 14.7 Å². The molecule has 1 aromatic heterocycles.